The number of aliphatic hydroxyl groups is 1. The molecule has 1 saturated heterocycles. The molecule has 8 nitrogen and oxygen atoms in total. The number of hydrogen-bond acceptors (Lipinski definition) is 6. The van der Waals surface area contributed by atoms with Crippen LogP contribution in [0.3, 0.4) is 0 Å². The number of nitro groups is 1. The Labute approximate surface area is 122 Å². The van der Waals surface area contributed by atoms with Crippen LogP contribution in [0, 0.1) is 17.0 Å². The van der Waals surface area contributed by atoms with Crippen molar-refractivity contribution >= 4 is 18.2 Å². The van der Waals surface area contributed by atoms with Gasteiger partial charge < -0.3 is 20.0 Å². The quantitative estimate of drug-likeness (QED) is 0.617. The molecule has 1 aliphatic rings. The monoisotopic (exact) mass is 306 g/mol. The van der Waals surface area contributed by atoms with Crippen molar-refractivity contribution in [2.75, 3.05) is 32.8 Å². The Hall–Kier alpha value is -1.22. The topological polar surface area (TPSA) is 93.7 Å². The molecule has 1 aromatic heterocycles. The zero-order valence-corrected chi connectivity index (χ0v) is 12.1. The van der Waals surface area contributed by atoms with Crippen molar-refractivity contribution in [1.29, 1.82) is 0 Å². The Kier molecular flexibility index (Phi) is 6.34. The molecule has 1 N–H and O–H groups in total. The average Bonchev–Trinajstić information content (AvgIpc) is 2.72. The van der Waals surface area contributed by atoms with E-state index >= 15 is 0 Å². The Balaban J connectivity index is 0.00000200. The molecule has 20 heavy (non-hydrogen) atoms. The third-order valence-electron chi connectivity index (χ3n) is 3.19. The Bertz CT molecular complexity index is 448. The molecule has 0 aliphatic carbocycles. The summed E-state index contributed by atoms with van der Waals surface area (Å²) in [5, 5.41) is 20.9. The highest BCUT2D eigenvalue weighted by Crippen LogP contribution is 2.14. The van der Waals surface area contributed by atoms with Gasteiger partial charge in [-0.15, -0.1) is 12.4 Å². The fraction of sp³-hybridized carbons (Fsp3) is 0.727. The minimum absolute atomic E-state index is 0. The molecule has 114 valence electrons. The van der Waals surface area contributed by atoms with E-state index in [1.807, 2.05) is 0 Å². The molecule has 0 unspecified atom stereocenters. The van der Waals surface area contributed by atoms with Gasteiger partial charge in [0.15, 0.2) is 5.82 Å². The molecular formula is C11H19ClN4O4. The third kappa shape index (κ3) is 4.14. The van der Waals surface area contributed by atoms with Gasteiger partial charge in [0.25, 0.3) is 0 Å². The number of rotatable bonds is 5. The Morgan fingerprint density at radius 3 is 2.75 bits per heavy atom. The van der Waals surface area contributed by atoms with Crippen molar-refractivity contribution in [2.45, 2.75) is 19.6 Å². The van der Waals surface area contributed by atoms with Gasteiger partial charge in [0, 0.05) is 26.6 Å². The van der Waals surface area contributed by atoms with Crippen LogP contribution in [0.15, 0.2) is 6.20 Å². The molecule has 2 heterocycles. The van der Waals surface area contributed by atoms with E-state index in [0.717, 1.165) is 13.1 Å². The predicted octanol–water partition coefficient (Wildman–Crippen LogP) is 0.215. The molecule has 0 radical (unpaired) electrons. The maximum atomic E-state index is 10.8. The first-order valence-electron chi connectivity index (χ1n) is 6.22. The molecule has 0 saturated carbocycles. The van der Waals surface area contributed by atoms with Crippen molar-refractivity contribution in [3.05, 3.63) is 22.1 Å². The van der Waals surface area contributed by atoms with Gasteiger partial charge in [-0.1, -0.05) is 0 Å². The van der Waals surface area contributed by atoms with E-state index in [-0.39, 0.29) is 24.8 Å². The number of nitrogens with zero attached hydrogens (tertiary/aromatic N) is 4. The number of aryl methyl sites for hydroxylation is 1. The van der Waals surface area contributed by atoms with Gasteiger partial charge in [0.05, 0.1) is 13.2 Å². The fourth-order valence-electron chi connectivity index (χ4n) is 2.18. The van der Waals surface area contributed by atoms with Crippen LogP contribution in [0.1, 0.15) is 5.82 Å². The van der Waals surface area contributed by atoms with E-state index in [4.69, 9.17) is 4.74 Å². The summed E-state index contributed by atoms with van der Waals surface area (Å²) >= 11 is 0. The van der Waals surface area contributed by atoms with Crippen molar-refractivity contribution in [1.82, 2.24) is 14.5 Å². The van der Waals surface area contributed by atoms with Gasteiger partial charge in [-0.25, -0.2) is 9.55 Å². The van der Waals surface area contributed by atoms with Crippen LogP contribution in [0.5, 0.6) is 0 Å². The Morgan fingerprint density at radius 2 is 2.15 bits per heavy atom. The summed E-state index contributed by atoms with van der Waals surface area (Å²) in [6.07, 6.45) is 0.557. The minimum atomic E-state index is -0.662. The smallest absolute Gasteiger partial charge is 0.342 e. The van der Waals surface area contributed by atoms with Crippen LogP contribution in [-0.4, -0.2) is 63.4 Å². The lowest BCUT2D eigenvalue weighted by Gasteiger charge is -2.28. The second-order valence-corrected chi connectivity index (χ2v) is 4.60. The van der Waals surface area contributed by atoms with Crippen LogP contribution in [0.25, 0.3) is 0 Å². The summed E-state index contributed by atoms with van der Waals surface area (Å²) in [6.45, 7) is 5.24. The van der Waals surface area contributed by atoms with Gasteiger partial charge in [-0.3, -0.25) is 4.90 Å². The summed E-state index contributed by atoms with van der Waals surface area (Å²) in [5.41, 5.74) is 0. The molecule has 1 atom stereocenters. The second kappa shape index (κ2) is 7.53. The molecule has 1 aliphatic heterocycles. The first-order valence-corrected chi connectivity index (χ1v) is 6.22. The zero-order chi connectivity index (χ0) is 13.8. The molecule has 9 heteroatoms. The molecule has 1 aromatic rings. The van der Waals surface area contributed by atoms with E-state index in [1.54, 1.807) is 6.92 Å². The normalized spacial score (nSPS) is 17.5. The van der Waals surface area contributed by atoms with Gasteiger partial charge in [0.2, 0.25) is 0 Å². The second-order valence-electron chi connectivity index (χ2n) is 4.60. The van der Waals surface area contributed by atoms with Crippen LogP contribution in [0.4, 0.5) is 5.82 Å². The van der Waals surface area contributed by atoms with Crippen molar-refractivity contribution in [3.8, 4) is 0 Å². The maximum Gasteiger partial charge on any atom is 0.342 e. The minimum Gasteiger partial charge on any atom is -0.388 e. The summed E-state index contributed by atoms with van der Waals surface area (Å²) in [7, 11) is 0. The highest BCUT2D eigenvalue weighted by atomic mass is 35.5. The number of imidazole rings is 1. The molecule has 0 aromatic carbocycles. The first kappa shape index (κ1) is 16.8. The van der Waals surface area contributed by atoms with Crippen LogP contribution in [0.2, 0.25) is 0 Å². The number of morpholine rings is 1. The van der Waals surface area contributed by atoms with Gasteiger partial charge >= 0.3 is 5.82 Å². The summed E-state index contributed by atoms with van der Waals surface area (Å²) in [6, 6.07) is 0. The first-order chi connectivity index (χ1) is 9.08. The number of hydrogen-bond donors (Lipinski definition) is 1. The van der Waals surface area contributed by atoms with E-state index in [1.165, 1.54) is 10.8 Å². The molecule has 0 spiro atoms. The lowest BCUT2D eigenvalue weighted by atomic mass is 10.3. The number of ether oxygens (including phenoxy) is 1. The van der Waals surface area contributed by atoms with Crippen molar-refractivity contribution < 1.29 is 14.8 Å². The van der Waals surface area contributed by atoms with Gasteiger partial charge in [0.1, 0.15) is 18.8 Å². The standard InChI is InChI=1S/C11H18N4O4.ClH/c1-9-12-6-11(15(17)18)14(9)8-10(16)7-13-2-4-19-5-3-13;/h6,10,16H,2-5,7-8H2,1H3;1H/t10-;/m1./s1. The highest BCUT2D eigenvalue weighted by Gasteiger charge is 2.22. The Morgan fingerprint density at radius 1 is 1.50 bits per heavy atom. The number of aliphatic hydroxyl groups excluding tert-OH is 1. The summed E-state index contributed by atoms with van der Waals surface area (Å²) in [4.78, 5) is 16.4. The van der Waals surface area contributed by atoms with Crippen LogP contribution < -0.4 is 0 Å². The van der Waals surface area contributed by atoms with Gasteiger partial charge in [-0.2, -0.15) is 0 Å². The fourth-order valence-corrected chi connectivity index (χ4v) is 2.18. The average molecular weight is 307 g/mol. The molecule has 0 amide bonds. The SMILES string of the molecule is Cc1ncc([N+](=O)[O-])n1C[C@H](O)CN1CCOCC1.Cl. The molecule has 0 bridgehead atoms. The van der Waals surface area contributed by atoms with Crippen molar-refractivity contribution in [3.63, 3.8) is 0 Å². The lowest BCUT2D eigenvalue weighted by molar-refractivity contribution is -0.392. The van der Waals surface area contributed by atoms with Crippen molar-refractivity contribution in [2.24, 2.45) is 0 Å². The summed E-state index contributed by atoms with van der Waals surface area (Å²) in [5.74, 6) is 0.450. The third-order valence-corrected chi connectivity index (χ3v) is 3.19. The maximum absolute atomic E-state index is 10.8. The number of aromatic nitrogens is 2. The van der Waals surface area contributed by atoms with Gasteiger partial charge in [-0.05, 0) is 4.92 Å². The molecular weight excluding hydrogens is 288 g/mol. The largest absolute Gasteiger partial charge is 0.388 e. The lowest BCUT2D eigenvalue weighted by Crippen LogP contribution is -2.42. The predicted molar refractivity (Wildman–Crippen MR) is 74.1 cm³/mol. The number of halogens is 1. The van der Waals surface area contributed by atoms with Crippen LogP contribution in [-0.2, 0) is 11.3 Å². The summed E-state index contributed by atoms with van der Waals surface area (Å²) < 4.78 is 6.66. The molecule has 1 fully saturated rings. The number of β-amino-alcohol motifs (C(OH)–C–C–N with tert-alkyl or cyclic N) is 1. The van der Waals surface area contributed by atoms with E-state index in [0.29, 0.717) is 25.6 Å². The van der Waals surface area contributed by atoms with Crippen LogP contribution >= 0.6 is 12.4 Å². The highest BCUT2D eigenvalue weighted by molar-refractivity contribution is 5.85. The molecule has 2 rings (SSSR count). The van der Waals surface area contributed by atoms with E-state index in [9.17, 15) is 15.2 Å². The zero-order valence-electron chi connectivity index (χ0n) is 11.3. The van der Waals surface area contributed by atoms with E-state index in [2.05, 4.69) is 9.88 Å². The van der Waals surface area contributed by atoms with E-state index < -0.39 is 11.0 Å².